The maximum atomic E-state index is 12.4. The molecule has 0 aliphatic rings. The minimum atomic E-state index is -3.46. The van der Waals surface area contributed by atoms with E-state index in [0.29, 0.717) is 17.2 Å². The van der Waals surface area contributed by atoms with Gasteiger partial charge in [-0.05, 0) is 24.7 Å². The zero-order valence-electron chi connectivity index (χ0n) is 11.5. The summed E-state index contributed by atoms with van der Waals surface area (Å²) in [6.45, 7) is 3.80. The van der Waals surface area contributed by atoms with E-state index in [1.54, 1.807) is 30.6 Å². The van der Waals surface area contributed by atoms with E-state index in [-0.39, 0.29) is 6.54 Å². The number of sulfonamides is 1. The van der Waals surface area contributed by atoms with E-state index in [4.69, 9.17) is 4.42 Å². The number of thiophene rings is 1. The molecule has 2 rings (SSSR count). The van der Waals surface area contributed by atoms with E-state index >= 15 is 0 Å². The molecule has 2 aromatic rings. The second kappa shape index (κ2) is 6.53. The highest BCUT2D eigenvalue weighted by atomic mass is 32.2. The van der Waals surface area contributed by atoms with Crippen LogP contribution >= 0.6 is 11.3 Å². The Bertz CT molecular complexity index is 632. The minimum absolute atomic E-state index is 0.230. The van der Waals surface area contributed by atoms with Crippen LogP contribution < -0.4 is 5.32 Å². The summed E-state index contributed by atoms with van der Waals surface area (Å²) in [6, 6.07) is 5.23. The standard InChI is InChI=1S/C13H18N2O3S2/c1-3-14-8-12-7-13(10-19-12)20(16,17)15(2)9-11-5-4-6-18-11/h4-7,10,14H,3,8-9H2,1-2H3. The number of rotatable bonds is 7. The highest BCUT2D eigenvalue weighted by molar-refractivity contribution is 7.89. The lowest BCUT2D eigenvalue weighted by atomic mass is 10.4. The number of furan rings is 1. The Balaban J connectivity index is 2.10. The monoisotopic (exact) mass is 314 g/mol. The molecule has 0 saturated heterocycles. The molecule has 0 aliphatic carbocycles. The van der Waals surface area contributed by atoms with Gasteiger partial charge in [-0.3, -0.25) is 0 Å². The van der Waals surface area contributed by atoms with Crippen LogP contribution in [0.15, 0.2) is 39.2 Å². The Morgan fingerprint density at radius 3 is 2.90 bits per heavy atom. The van der Waals surface area contributed by atoms with E-state index in [2.05, 4.69) is 5.32 Å². The van der Waals surface area contributed by atoms with Gasteiger partial charge in [-0.1, -0.05) is 6.92 Å². The fourth-order valence-electron chi connectivity index (χ4n) is 1.72. The molecule has 7 heteroatoms. The van der Waals surface area contributed by atoms with Crippen LogP contribution in [-0.2, 0) is 23.1 Å². The van der Waals surface area contributed by atoms with Crippen molar-refractivity contribution >= 4 is 21.4 Å². The first kappa shape index (κ1) is 15.2. The molecule has 0 aromatic carbocycles. The molecule has 5 nitrogen and oxygen atoms in total. The van der Waals surface area contributed by atoms with Gasteiger partial charge in [0.15, 0.2) is 0 Å². The van der Waals surface area contributed by atoms with Gasteiger partial charge in [0.2, 0.25) is 10.0 Å². The Kier molecular flexibility index (Phi) is 4.98. The highest BCUT2D eigenvalue weighted by Crippen LogP contribution is 2.23. The lowest BCUT2D eigenvalue weighted by Crippen LogP contribution is -2.26. The first-order valence-electron chi connectivity index (χ1n) is 6.31. The van der Waals surface area contributed by atoms with Crippen molar-refractivity contribution in [2.75, 3.05) is 13.6 Å². The van der Waals surface area contributed by atoms with Gasteiger partial charge in [0, 0.05) is 23.8 Å². The van der Waals surface area contributed by atoms with Gasteiger partial charge in [-0.15, -0.1) is 11.3 Å². The predicted molar refractivity (Wildman–Crippen MR) is 79.1 cm³/mol. The van der Waals surface area contributed by atoms with Crippen LogP contribution in [0.5, 0.6) is 0 Å². The van der Waals surface area contributed by atoms with Crippen LogP contribution in [0.4, 0.5) is 0 Å². The Hall–Kier alpha value is -1.15. The third-order valence-electron chi connectivity index (χ3n) is 2.85. The van der Waals surface area contributed by atoms with E-state index < -0.39 is 10.0 Å². The summed E-state index contributed by atoms with van der Waals surface area (Å²) in [5.74, 6) is 0.624. The Labute approximate surface area is 123 Å². The van der Waals surface area contributed by atoms with Crippen molar-refractivity contribution in [2.45, 2.75) is 24.9 Å². The Morgan fingerprint density at radius 1 is 1.45 bits per heavy atom. The van der Waals surface area contributed by atoms with Crippen LogP contribution in [0.1, 0.15) is 17.6 Å². The van der Waals surface area contributed by atoms with Gasteiger partial charge in [-0.2, -0.15) is 4.31 Å². The predicted octanol–water partition coefficient (Wildman–Crippen LogP) is 2.27. The molecule has 2 heterocycles. The lowest BCUT2D eigenvalue weighted by Gasteiger charge is -2.14. The second-order valence-electron chi connectivity index (χ2n) is 4.37. The number of nitrogens with zero attached hydrogens (tertiary/aromatic N) is 1. The summed E-state index contributed by atoms with van der Waals surface area (Å²) in [6.07, 6.45) is 1.54. The summed E-state index contributed by atoms with van der Waals surface area (Å²) in [4.78, 5) is 1.35. The van der Waals surface area contributed by atoms with Crippen LogP contribution in [0.25, 0.3) is 0 Å². The SMILES string of the molecule is CCNCc1cc(S(=O)(=O)N(C)Cc2ccco2)cs1. The fraction of sp³-hybridized carbons (Fsp3) is 0.385. The normalized spacial score (nSPS) is 12.2. The van der Waals surface area contributed by atoms with Crippen LogP contribution in [0.2, 0.25) is 0 Å². The van der Waals surface area contributed by atoms with E-state index in [0.717, 1.165) is 11.4 Å². The smallest absolute Gasteiger partial charge is 0.244 e. The van der Waals surface area contributed by atoms with Crippen molar-refractivity contribution in [3.05, 3.63) is 40.5 Å². The minimum Gasteiger partial charge on any atom is -0.468 e. The molecule has 110 valence electrons. The van der Waals surface area contributed by atoms with Gasteiger partial charge < -0.3 is 9.73 Å². The molecule has 0 fully saturated rings. The summed E-state index contributed by atoms with van der Waals surface area (Å²) < 4.78 is 31.3. The van der Waals surface area contributed by atoms with Crippen LogP contribution in [-0.4, -0.2) is 26.3 Å². The molecule has 1 N–H and O–H groups in total. The molecule has 0 amide bonds. The quantitative estimate of drug-likeness (QED) is 0.851. The lowest BCUT2D eigenvalue weighted by molar-refractivity contribution is 0.406. The average molecular weight is 314 g/mol. The summed E-state index contributed by atoms with van der Waals surface area (Å²) >= 11 is 1.45. The van der Waals surface area contributed by atoms with Crippen molar-refractivity contribution in [1.82, 2.24) is 9.62 Å². The Morgan fingerprint density at radius 2 is 2.25 bits per heavy atom. The van der Waals surface area contributed by atoms with Crippen molar-refractivity contribution < 1.29 is 12.8 Å². The highest BCUT2D eigenvalue weighted by Gasteiger charge is 2.23. The topological polar surface area (TPSA) is 62.6 Å². The van der Waals surface area contributed by atoms with Gasteiger partial charge >= 0.3 is 0 Å². The second-order valence-corrected chi connectivity index (χ2v) is 7.41. The molecule has 0 aliphatic heterocycles. The number of hydrogen-bond acceptors (Lipinski definition) is 5. The summed E-state index contributed by atoms with van der Waals surface area (Å²) in [5.41, 5.74) is 0. The first-order valence-corrected chi connectivity index (χ1v) is 8.63. The number of hydrogen-bond donors (Lipinski definition) is 1. The molecule has 0 unspecified atom stereocenters. The van der Waals surface area contributed by atoms with E-state index in [9.17, 15) is 8.42 Å². The van der Waals surface area contributed by atoms with Gasteiger partial charge in [0.25, 0.3) is 0 Å². The molecule has 2 aromatic heterocycles. The summed E-state index contributed by atoms with van der Waals surface area (Å²) in [5, 5.41) is 4.86. The number of nitrogens with one attached hydrogen (secondary N) is 1. The fourth-order valence-corrected chi connectivity index (χ4v) is 4.09. The summed E-state index contributed by atoms with van der Waals surface area (Å²) in [7, 11) is -1.91. The molecule has 0 spiro atoms. The van der Waals surface area contributed by atoms with Gasteiger partial charge in [0.1, 0.15) is 5.76 Å². The third kappa shape index (κ3) is 3.49. The van der Waals surface area contributed by atoms with Crippen molar-refractivity contribution in [1.29, 1.82) is 0 Å². The zero-order chi connectivity index (χ0) is 14.6. The maximum absolute atomic E-state index is 12.4. The molecular weight excluding hydrogens is 296 g/mol. The van der Waals surface area contributed by atoms with Crippen molar-refractivity contribution in [2.24, 2.45) is 0 Å². The zero-order valence-corrected chi connectivity index (χ0v) is 13.1. The maximum Gasteiger partial charge on any atom is 0.244 e. The van der Waals surface area contributed by atoms with Crippen LogP contribution in [0, 0.1) is 0 Å². The molecule has 20 heavy (non-hydrogen) atoms. The van der Waals surface area contributed by atoms with Gasteiger partial charge in [0.05, 0.1) is 17.7 Å². The molecule has 0 atom stereocenters. The molecular formula is C13H18N2O3S2. The van der Waals surface area contributed by atoms with E-state index in [1.807, 2.05) is 6.92 Å². The van der Waals surface area contributed by atoms with Crippen molar-refractivity contribution in [3.63, 3.8) is 0 Å². The largest absolute Gasteiger partial charge is 0.468 e. The first-order chi connectivity index (χ1) is 9.54. The van der Waals surface area contributed by atoms with E-state index in [1.165, 1.54) is 21.9 Å². The molecule has 0 bridgehead atoms. The average Bonchev–Trinajstić information content (AvgIpc) is 3.07. The van der Waals surface area contributed by atoms with Crippen molar-refractivity contribution in [3.8, 4) is 0 Å². The van der Waals surface area contributed by atoms with Crippen LogP contribution in [0.3, 0.4) is 0 Å². The molecule has 0 saturated carbocycles. The van der Waals surface area contributed by atoms with Gasteiger partial charge in [-0.25, -0.2) is 8.42 Å². The third-order valence-corrected chi connectivity index (χ3v) is 5.71. The molecule has 0 radical (unpaired) electrons.